The second kappa shape index (κ2) is 6.38. The van der Waals surface area contributed by atoms with E-state index >= 15 is 0 Å². The molecule has 0 aliphatic heterocycles. The molecule has 25 heavy (non-hydrogen) atoms. The highest BCUT2D eigenvalue weighted by Gasteiger charge is 2.20. The van der Waals surface area contributed by atoms with Gasteiger partial charge in [-0.2, -0.15) is 0 Å². The fraction of sp³-hybridized carbons (Fsp3) is 0.105. The number of hydrogen-bond donors (Lipinski definition) is 0. The molecule has 2 heterocycles. The second-order valence-electron chi connectivity index (χ2n) is 5.73. The number of para-hydroxylation sites is 1. The molecule has 0 bridgehead atoms. The topological polar surface area (TPSA) is 46.1 Å². The maximum absolute atomic E-state index is 12.8. The number of rotatable bonds is 3. The molecular weight excluding hydrogens is 350 g/mol. The number of nitrogens with zero attached hydrogens (tertiary/aromatic N) is 3. The smallest absolute Gasteiger partial charge is 0.279 e. The van der Waals surface area contributed by atoms with E-state index in [0.717, 1.165) is 20.8 Å². The lowest BCUT2D eigenvalue weighted by Crippen LogP contribution is -2.26. The Balaban J connectivity index is 1.61. The first kappa shape index (κ1) is 15.9. The fourth-order valence-electron chi connectivity index (χ4n) is 2.46. The summed E-state index contributed by atoms with van der Waals surface area (Å²) >= 11 is 2.98. The van der Waals surface area contributed by atoms with Crippen LogP contribution < -0.4 is 4.90 Å². The number of aryl methyl sites for hydroxylation is 1. The Hall–Kier alpha value is -2.57. The summed E-state index contributed by atoms with van der Waals surface area (Å²) in [5.41, 5.74) is 3.58. The van der Waals surface area contributed by atoms with Gasteiger partial charge >= 0.3 is 0 Å². The summed E-state index contributed by atoms with van der Waals surface area (Å²) in [5.74, 6) is -0.145. The molecule has 124 valence electrons. The van der Waals surface area contributed by atoms with Crippen LogP contribution in [0.4, 0.5) is 5.13 Å². The first-order valence-electron chi connectivity index (χ1n) is 7.78. The van der Waals surface area contributed by atoms with Crippen LogP contribution in [0.1, 0.15) is 16.1 Å². The highest BCUT2D eigenvalue weighted by Crippen LogP contribution is 2.30. The zero-order chi connectivity index (χ0) is 17.4. The Bertz CT molecular complexity index is 1020. The molecule has 4 rings (SSSR count). The van der Waals surface area contributed by atoms with Gasteiger partial charge in [-0.1, -0.05) is 53.3 Å². The normalized spacial score (nSPS) is 11.0. The Morgan fingerprint density at radius 3 is 2.56 bits per heavy atom. The Labute approximate surface area is 153 Å². The van der Waals surface area contributed by atoms with E-state index in [-0.39, 0.29) is 5.91 Å². The predicted molar refractivity (Wildman–Crippen MR) is 105 cm³/mol. The summed E-state index contributed by atoms with van der Waals surface area (Å²) in [6.07, 6.45) is 0. The van der Waals surface area contributed by atoms with Gasteiger partial charge in [-0.15, -0.1) is 11.3 Å². The molecule has 0 saturated carbocycles. The maximum atomic E-state index is 12.8. The first-order chi connectivity index (χ1) is 12.1. The van der Waals surface area contributed by atoms with E-state index in [1.165, 1.54) is 28.2 Å². The molecule has 0 radical (unpaired) electrons. The van der Waals surface area contributed by atoms with Crippen molar-refractivity contribution in [2.24, 2.45) is 0 Å². The van der Waals surface area contributed by atoms with Gasteiger partial charge in [0.25, 0.3) is 5.91 Å². The number of carbonyl (C=O) groups excluding carboxylic acids is 1. The predicted octanol–water partition coefficient (Wildman–Crippen LogP) is 5.00. The van der Waals surface area contributed by atoms with Gasteiger partial charge in [0.1, 0.15) is 10.7 Å². The van der Waals surface area contributed by atoms with Crippen molar-refractivity contribution in [3.63, 3.8) is 0 Å². The van der Waals surface area contributed by atoms with Crippen LogP contribution in [0.15, 0.2) is 53.9 Å². The average molecular weight is 365 g/mol. The van der Waals surface area contributed by atoms with Crippen LogP contribution in [0.2, 0.25) is 0 Å². The molecular formula is C19H15N3OS2. The second-order valence-corrected chi connectivity index (χ2v) is 7.60. The summed E-state index contributed by atoms with van der Waals surface area (Å²) < 4.78 is 1.07. The maximum Gasteiger partial charge on any atom is 0.279 e. The number of anilines is 1. The van der Waals surface area contributed by atoms with Crippen molar-refractivity contribution in [2.45, 2.75) is 6.92 Å². The molecule has 2 aromatic heterocycles. The summed E-state index contributed by atoms with van der Waals surface area (Å²) in [7, 11) is 1.74. The third-order valence-corrected chi connectivity index (χ3v) is 5.90. The average Bonchev–Trinajstić information content (AvgIpc) is 3.28. The molecule has 4 aromatic rings. The highest BCUT2D eigenvalue weighted by atomic mass is 32.1. The number of carbonyl (C=O) groups is 1. The van der Waals surface area contributed by atoms with Crippen LogP contribution in [0.5, 0.6) is 0 Å². The van der Waals surface area contributed by atoms with E-state index in [0.29, 0.717) is 10.8 Å². The molecule has 0 aliphatic rings. The molecule has 0 spiro atoms. The lowest BCUT2D eigenvalue weighted by molar-refractivity contribution is 0.0989. The van der Waals surface area contributed by atoms with Crippen LogP contribution in [0, 0.1) is 6.92 Å². The summed E-state index contributed by atoms with van der Waals surface area (Å²) in [6.45, 7) is 2.05. The van der Waals surface area contributed by atoms with E-state index in [2.05, 4.69) is 9.97 Å². The minimum Gasteiger partial charge on any atom is -0.286 e. The van der Waals surface area contributed by atoms with E-state index in [9.17, 15) is 4.79 Å². The number of fused-ring (bicyclic) bond motifs is 1. The third kappa shape index (κ3) is 3.06. The number of amides is 1. The Kier molecular flexibility index (Phi) is 4.07. The monoisotopic (exact) mass is 365 g/mol. The van der Waals surface area contributed by atoms with Gasteiger partial charge in [-0.3, -0.25) is 9.69 Å². The highest BCUT2D eigenvalue weighted by molar-refractivity contribution is 7.22. The van der Waals surface area contributed by atoms with Gasteiger partial charge in [0.15, 0.2) is 5.13 Å². The molecule has 0 saturated heterocycles. The standard InChI is InChI=1S/C19H15N3OS2/c1-12-7-9-13(10-8-12)17-20-15(11-24-17)18(23)22(2)19-21-14-5-3-4-6-16(14)25-19/h3-11H,1-2H3. The summed E-state index contributed by atoms with van der Waals surface area (Å²) in [4.78, 5) is 23.4. The Morgan fingerprint density at radius 1 is 1.04 bits per heavy atom. The van der Waals surface area contributed by atoms with Crippen molar-refractivity contribution in [2.75, 3.05) is 11.9 Å². The van der Waals surface area contributed by atoms with Crippen molar-refractivity contribution in [3.8, 4) is 10.6 Å². The quantitative estimate of drug-likeness (QED) is 0.513. The van der Waals surface area contributed by atoms with Gasteiger partial charge < -0.3 is 0 Å². The van der Waals surface area contributed by atoms with E-state index in [4.69, 9.17) is 0 Å². The molecule has 0 atom stereocenters. The molecule has 0 N–H and O–H groups in total. The fourth-order valence-corrected chi connectivity index (χ4v) is 4.19. The molecule has 2 aromatic carbocycles. The number of benzene rings is 2. The zero-order valence-corrected chi connectivity index (χ0v) is 15.4. The van der Waals surface area contributed by atoms with E-state index in [1.807, 2.05) is 55.5 Å². The van der Waals surface area contributed by atoms with Gasteiger partial charge in [0.2, 0.25) is 0 Å². The molecule has 0 aliphatic carbocycles. The van der Waals surface area contributed by atoms with Crippen LogP contribution in [0.3, 0.4) is 0 Å². The third-order valence-electron chi connectivity index (χ3n) is 3.90. The molecule has 0 fully saturated rings. The van der Waals surface area contributed by atoms with Gasteiger partial charge in [-0.05, 0) is 19.1 Å². The largest absolute Gasteiger partial charge is 0.286 e. The minimum absolute atomic E-state index is 0.145. The van der Waals surface area contributed by atoms with E-state index in [1.54, 1.807) is 17.3 Å². The molecule has 0 unspecified atom stereocenters. The van der Waals surface area contributed by atoms with Crippen molar-refractivity contribution < 1.29 is 4.79 Å². The molecule has 4 nitrogen and oxygen atoms in total. The summed E-state index contributed by atoms with van der Waals surface area (Å²) in [6, 6.07) is 16.0. The summed E-state index contributed by atoms with van der Waals surface area (Å²) in [5, 5.41) is 3.33. The van der Waals surface area contributed by atoms with Crippen molar-refractivity contribution in [1.29, 1.82) is 0 Å². The van der Waals surface area contributed by atoms with Gasteiger partial charge in [-0.25, -0.2) is 9.97 Å². The van der Waals surface area contributed by atoms with E-state index < -0.39 is 0 Å². The zero-order valence-electron chi connectivity index (χ0n) is 13.8. The van der Waals surface area contributed by atoms with Crippen LogP contribution >= 0.6 is 22.7 Å². The molecule has 1 amide bonds. The number of aromatic nitrogens is 2. The van der Waals surface area contributed by atoms with Gasteiger partial charge in [0.05, 0.1) is 10.2 Å². The lowest BCUT2D eigenvalue weighted by Gasteiger charge is -2.11. The van der Waals surface area contributed by atoms with Gasteiger partial charge in [0, 0.05) is 18.0 Å². The first-order valence-corrected chi connectivity index (χ1v) is 9.47. The SMILES string of the molecule is Cc1ccc(-c2nc(C(=O)N(C)c3nc4ccccc4s3)cs2)cc1. The number of thiazole rings is 2. The minimum atomic E-state index is -0.145. The van der Waals surface area contributed by atoms with Crippen molar-refractivity contribution in [3.05, 3.63) is 65.2 Å². The van der Waals surface area contributed by atoms with Crippen LogP contribution in [0.25, 0.3) is 20.8 Å². The Morgan fingerprint density at radius 2 is 1.80 bits per heavy atom. The van der Waals surface area contributed by atoms with Crippen molar-refractivity contribution in [1.82, 2.24) is 9.97 Å². The van der Waals surface area contributed by atoms with Crippen molar-refractivity contribution >= 4 is 43.9 Å². The number of hydrogen-bond acceptors (Lipinski definition) is 5. The van der Waals surface area contributed by atoms with Crippen LogP contribution in [-0.4, -0.2) is 22.9 Å². The van der Waals surface area contributed by atoms with Crippen LogP contribution in [-0.2, 0) is 0 Å². The molecule has 6 heteroatoms. The lowest BCUT2D eigenvalue weighted by atomic mass is 10.2.